The van der Waals surface area contributed by atoms with Crippen molar-refractivity contribution in [2.24, 2.45) is 0 Å². The summed E-state index contributed by atoms with van der Waals surface area (Å²) < 4.78 is 7.22. The third-order valence-electron chi connectivity index (χ3n) is 6.27. The van der Waals surface area contributed by atoms with Gasteiger partial charge in [-0.2, -0.15) is 0 Å². The van der Waals surface area contributed by atoms with Crippen molar-refractivity contribution in [2.75, 3.05) is 5.32 Å². The molecule has 174 valence electrons. The Balaban J connectivity index is 1.35. The van der Waals surface area contributed by atoms with Crippen molar-refractivity contribution >= 4 is 49.9 Å². The highest BCUT2D eigenvalue weighted by atomic mass is 32.1. The van der Waals surface area contributed by atoms with Gasteiger partial charge in [-0.3, -0.25) is 14.2 Å². The normalized spacial score (nSPS) is 14.4. The van der Waals surface area contributed by atoms with Gasteiger partial charge < -0.3 is 10.1 Å². The summed E-state index contributed by atoms with van der Waals surface area (Å²) in [6.45, 7) is 3.92. The summed E-state index contributed by atoms with van der Waals surface area (Å²) in [7, 11) is 0. The lowest BCUT2D eigenvalue weighted by Gasteiger charge is -2.13. The molecule has 0 aliphatic carbocycles. The second-order valence-corrected chi connectivity index (χ2v) is 9.63. The second-order valence-electron chi connectivity index (χ2n) is 8.63. The first kappa shape index (κ1) is 22.3. The van der Waals surface area contributed by atoms with E-state index in [2.05, 4.69) is 10.3 Å². The topological polar surface area (TPSA) is 90.3 Å². The number of carbonyl (C=O) groups is 2. The van der Waals surface area contributed by atoms with Gasteiger partial charge in [-0.15, -0.1) is 11.3 Å². The smallest absolute Gasteiger partial charge is 0.349 e. The van der Waals surface area contributed by atoms with Crippen LogP contribution in [-0.2, 0) is 22.5 Å². The van der Waals surface area contributed by atoms with E-state index in [1.165, 1.54) is 6.92 Å². The van der Waals surface area contributed by atoms with E-state index in [4.69, 9.17) is 4.74 Å². The highest BCUT2D eigenvalue weighted by Gasteiger charge is 2.26. The first-order chi connectivity index (χ1) is 16.4. The number of hydrogen-bond donors (Lipinski definition) is 1. The zero-order chi connectivity index (χ0) is 23.8. The number of esters is 1. The van der Waals surface area contributed by atoms with Crippen molar-refractivity contribution in [3.8, 4) is 0 Å². The van der Waals surface area contributed by atoms with E-state index in [0.29, 0.717) is 32.9 Å². The van der Waals surface area contributed by atoms with Crippen molar-refractivity contribution in [2.45, 2.75) is 52.2 Å². The van der Waals surface area contributed by atoms with Crippen molar-refractivity contribution in [1.29, 1.82) is 0 Å². The summed E-state index contributed by atoms with van der Waals surface area (Å²) >= 11 is 1.15. The van der Waals surface area contributed by atoms with Crippen LogP contribution in [0.5, 0.6) is 0 Å². The molecular weight excluding hydrogens is 450 g/mol. The predicted molar refractivity (Wildman–Crippen MR) is 134 cm³/mol. The Morgan fingerprint density at radius 1 is 1.12 bits per heavy atom. The minimum atomic E-state index is -1.01. The van der Waals surface area contributed by atoms with Crippen LogP contribution < -0.4 is 10.9 Å². The van der Waals surface area contributed by atoms with Gasteiger partial charge in [0.2, 0.25) is 0 Å². The minimum absolute atomic E-state index is 0.100. The highest BCUT2D eigenvalue weighted by molar-refractivity contribution is 7.20. The predicted octanol–water partition coefficient (Wildman–Crippen LogP) is 4.83. The van der Waals surface area contributed by atoms with Gasteiger partial charge in [-0.25, -0.2) is 9.78 Å². The Kier molecular flexibility index (Phi) is 5.91. The Bertz CT molecular complexity index is 1490. The Hall–Kier alpha value is -3.52. The van der Waals surface area contributed by atoms with E-state index in [1.54, 1.807) is 11.5 Å². The number of carbonyl (C=O) groups excluding carboxylic acids is 2. The number of aryl methyl sites for hydroxylation is 2. The quantitative estimate of drug-likeness (QED) is 0.427. The number of anilines is 1. The summed E-state index contributed by atoms with van der Waals surface area (Å²) in [5.41, 5.74) is 1.09. The first-order valence-corrected chi connectivity index (χ1v) is 12.3. The number of benzene rings is 2. The van der Waals surface area contributed by atoms with Crippen LogP contribution in [0.25, 0.3) is 21.0 Å². The molecule has 1 aliphatic heterocycles. The fraction of sp³-hybridized carbons (Fsp3) is 0.308. The monoisotopic (exact) mass is 475 g/mol. The van der Waals surface area contributed by atoms with Crippen molar-refractivity contribution < 1.29 is 14.3 Å². The number of nitrogens with zero attached hydrogens (tertiary/aromatic N) is 2. The molecule has 0 saturated heterocycles. The molecule has 1 atom stereocenters. The molecule has 1 amide bonds. The average molecular weight is 476 g/mol. The maximum absolute atomic E-state index is 13.1. The van der Waals surface area contributed by atoms with Crippen molar-refractivity contribution in [1.82, 2.24) is 9.55 Å². The van der Waals surface area contributed by atoms with E-state index >= 15 is 0 Å². The molecule has 0 spiro atoms. The molecule has 4 aromatic rings. The Morgan fingerprint density at radius 2 is 1.91 bits per heavy atom. The molecule has 0 bridgehead atoms. The van der Waals surface area contributed by atoms with E-state index in [0.717, 1.165) is 53.6 Å². The number of rotatable bonds is 4. The molecule has 7 nitrogen and oxygen atoms in total. The molecule has 5 rings (SSSR count). The maximum Gasteiger partial charge on any atom is 0.349 e. The van der Waals surface area contributed by atoms with Crippen LogP contribution in [0.1, 0.15) is 47.2 Å². The molecular formula is C26H25N3O4S. The molecule has 34 heavy (non-hydrogen) atoms. The summed E-state index contributed by atoms with van der Waals surface area (Å²) in [5.74, 6) is -0.271. The SMILES string of the molecule is Cc1c(C(=O)OC(C)C(=O)Nc2ccc3ccccc3c2)sc2nc3n(c(=O)c12)CCCCC3. The third-order valence-corrected chi connectivity index (χ3v) is 7.43. The fourth-order valence-corrected chi connectivity index (χ4v) is 5.46. The zero-order valence-electron chi connectivity index (χ0n) is 19.1. The number of hydrogen-bond acceptors (Lipinski definition) is 6. The molecule has 1 aliphatic rings. The number of fused-ring (bicyclic) bond motifs is 3. The van der Waals surface area contributed by atoms with Crippen LogP contribution in [0, 0.1) is 6.92 Å². The van der Waals surface area contributed by atoms with Crippen LogP contribution in [0.4, 0.5) is 5.69 Å². The Labute approximate surface area is 200 Å². The van der Waals surface area contributed by atoms with Gasteiger partial charge in [0.1, 0.15) is 15.5 Å². The number of nitrogens with one attached hydrogen (secondary N) is 1. The van der Waals surface area contributed by atoms with Crippen LogP contribution in [0.15, 0.2) is 47.3 Å². The summed E-state index contributed by atoms with van der Waals surface area (Å²) in [4.78, 5) is 44.3. The average Bonchev–Trinajstić information content (AvgIpc) is 2.99. The van der Waals surface area contributed by atoms with Crippen LogP contribution in [-0.4, -0.2) is 27.5 Å². The minimum Gasteiger partial charge on any atom is -0.448 e. The largest absolute Gasteiger partial charge is 0.448 e. The lowest BCUT2D eigenvalue weighted by Crippen LogP contribution is -2.30. The molecule has 2 aromatic carbocycles. The number of amides is 1. The second kappa shape index (κ2) is 9.02. The van der Waals surface area contributed by atoms with Crippen molar-refractivity contribution in [3.63, 3.8) is 0 Å². The summed E-state index contributed by atoms with van der Waals surface area (Å²) in [6.07, 6.45) is 2.78. The van der Waals surface area contributed by atoms with Crippen LogP contribution in [0.2, 0.25) is 0 Å². The molecule has 8 heteroatoms. The lowest BCUT2D eigenvalue weighted by molar-refractivity contribution is -0.123. The van der Waals surface area contributed by atoms with Crippen molar-refractivity contribution in [3.05, 3.63) is 69.1 Å². The number of ether oxygens (including phenoxy) is 1. The van der Waals surface area contributed by atoms with E-state index in [-0.39, 0.29) is 5.56 Å². The highest BCUT2D eigenvalue weighted by Crippen LogP contribution is 2.29. The molecule has 1 unspecified atom stereocenters. The van der Waals surface area contributed by atoms with Gasteiger partial charge in [-0.05, 0) is 55.2 Å². The third kappa shape index (κ3) is 4.09. The van der Waals surface area contributed by atoms with Gasteiger partial charge >= 0.3 is 5.97 Å². The molecule has 2 aromatic heterocycles. The zero-order valence-corrected chi connectivity index (χ0v) is 19.9. The van der Waals surface area contributed by atoms with E-state index < -0.39 is 18.0 Å². The number of aromatic nitrogens is 2. The standard InChI is InChI=1S/C26H25N3O4S/c1-15-21-24(28-20-10-4-3-7-13-29(20)25(21)31)34-22(15)26(32)33-16(2)23(30)27-19-12-11-17-8-5-6-9-18(17)14-19/h5-6,8-9,11-12,14,16H,3-4,7,10,13H2,1-2H3,(H,27,30). The summed E-state index contributed by atoms with van der Waals surface area (Å²) in [6, 6.07) is 13.5. The first-order valence-electron chi connectivity index (χ1n) is 11.5. The van der Waals surface area contributed by atoms with Gasteiger partial charge in [0, 0.05) is 18.7 Å². The van der Waals surface area contributed by atoms with Crippen LogP contribution in [0.3, 0.4) is 0 Å². The molecule has 0 radical (unpaired) electrons. The van der Waals surface area contributed by atoms with Gasteiger partial charge in [-0.1, -0.05) is 36.8 Å². The Morgan fingerprint density at radius 3 is 2.74 bits per heavy atom. The number of thiophene rings is 1. The van der Waals surface area contributed by atoms with E-state index in [1.807, 2.05) is 42.5 Å². The van der Waals surface area contributed by atoms with Crippen LogP contribution >= 0.6 is 11.3 Å². The van der Waals surface area contributed by atoms with Gasteiger partial charge in [0.05, 0.1) is 5.39 Å². The molecule has 0 fully saturated rings. The van der Waals surface area contributed by atoms with E-state index in [9.17, 15) is 14.4 Å². The fourth-order valence-electron chi connectivity index (χ4n) is 4.38. The lowest BCUT2D eigenvalue weighted by atomic mass is 10.1. The maximum atomic E-state index is 13.1. The molecule has 0 saturated carbocycles. The van der Waals surface area contributed by atoms with Gasteiger partial charge in [0.25, 0.3) is 11.5 Å². The summed E-state index contributed by atoms with van der Waals surface area (Å²) in [5, 5.41) is 5.35. The molecule has 3 heterocycles. The van der Waals surface area contributed by atoms with Gasteiger partial charge in [0.15, 0.2) is 6.10 Å². The molecule has 1 N–H and O–H groups in total.